The van der Waals surface area contributed by atoms with E-state index in [9.17, 15) is 18.0 Å². The molecule has 35 heavy (non-hydrogen) atoms. The highest BCUT2D eigenvalue weighted by Crippen LogP contribution is 2.21. The first-order valence-corrected chi connectivity index (χ1v) is 12.9. The minimum absolute atomic E-state index is 0.0614. The number of benzene rings is 2. The first-order valence-electron chi connectivity index (χ1n) is 11.5. The van der Waals surface area contributed by atoms with Gasteiger partial charge in [0.15, 0.2) is 0 Å². The van der Waals surface area contributed by atoms with Gasteiger partial charge in [-0.25, -0.2) is 4.31 Å². The fraction of sp³-hybridized carbons (Fsp3) is 0.440. The van der Waals surface area contributed by atoms with Crippen LogP contribution in [0.4, 0.5) is 5.69 Å². The summed E-state index contributed by atoms with van der Waals surface area (Å²) in [4.78, 5) is 28.0. The van der Waals surface area contributed by atoms with Gasteiger partial charge in [-0.2, -0.15) is 12.7 Å². The van der Waals surface area contributed by atoms with Crippen molar-refractivity contribution in [2.75, 3.05) is 32.1 Å². The molecule has 0 spiro atoms. The number of hydrogen-bond acceptors (Lipinski definition) is 5. The van der Waals surface area contributed by atoms with Crippen LogP contribution < -0.4 is 14.4 Å². The molecule has 2 amide bonds. The number of hydrogen-bond donors (Lipinski definition) is 1. The number of carbonyl (C=O) groups excluding carboxylic acids is 2. The number of ether oxygens (including phenoxy) is 1. The van der Waals surface area contributed by atoms with Gasteiger partial charge in [0.25, 0.3) is 0 Å². The summed E-state index contributed by atoms with van der Waals surface area (Å²) >= 11 is 0. The second kappa shape index (κ2) is 12.6. The lowest BCUT2D eigenvalue weighted by atomic mass is 10.1. The van der Waals surface area contributed by atoms with Crippen molar-refractivity contribution in [3.8, 4) is 5.75 Å². The molecular formula is C25H36N4O5S. The molecule has 0 saturated carbocycles. The Balaban J connectivity index is 2.44. The van der Waals surface area contributed by atoms with Crippen molar-refractivity contribution in [3.63, 3.8) is 0 Å². The third-order valence-electron chi connectivity index (χ3n) is 5.72. The maximum Gasteiger partial charge on any atom is 0.304 e. The van der Waals surface area contributed by atoms with E-state index in [1.54, 1.807) is 62.6 Å². The summed E-state index contributed by atoms with van der Waals surface area (Å²) in [5, 5.41) is 2.91. The van der Waals surface area contributed by atoms with E-state index in [-0.39, 0.29) is 18.5 Å². The van der Waals surface area contributed by atoms with Crippen LogP contribution in [0.1, 0.15) is 32.8 Å². The van der Waals surface area contributed by atoms with Crippen LogP contribution in [0, 0.1) is 0 Å². The van der Waals surface area contributed by atoms with Gasteiger partial charge in [0.1, 0.15) is 18.3 Å². The van der Waals surface area contributed by atoms with E-state index in [0.717, 1.165) is 20.6 Å². The van der Waals surface area contributed by atoms with E-state index >= 15 is 0 Å². The van der Waals surface area contributed by atoms with Crippen LogP contribution in [0.5, 0.6) is 5.75 Å². The topological polar surface area (TPSA) is 99.3 Å². The number of carbonyl (C=O) groups is 2. The standard InChI is InChI=1S/C25H36N4O5S/c1-7-19(2)26-25(31)20(3)28(17-21-12-11-15-23(16-21)34-6)24(30)18-29(35(32,33)27(4)5)22-13-9-8-10-14-22/h8-16,19-20H,7,17-18H2,1-6H3,(H,26,31)/t19-,20+/m0/s1. The lowest BCUT2D eigenvalue weighted by molar-refractivity contribution is -0.139. The van der Waals surface area contributed by atoms with Gasteiger partial charge < -0.3 is 15.0 Å². The third-order valence-corrected chi connectivity index (χ3v) is 7.54. The highest BCUT2D eigenvalue weighted by Gasteiger charge is 2.32. The van der Waals surface area contributed by atoms with E-state index in [2.05, 4.69) is 5.32 Å². The Kier molecular flexibility index (Phi) is 10.1. The molecule has 0 bridgehead atoms. The molecule has 0 aliphatic carbocycles. The normalized spacial score (nSPS) is 13.1. The molecule has 2 atom stereocenters. The number of nitrogens with zero attached hydrogens (tertiary/aromatic N) is 3. The first-order chi connectivity index (χ1) is 16.5. The highest BCUT2D eigenvalue weighted by molar-refractivity contribution is 7.90. The molecule has 0 saturated heterocycles. The quantitative estimate of drug-likeness (QED) is 0.479. The summed E-state index contributed by atoms with van der Waals surface area (Å²) in [5.74, 6) is -0.195. The van der Waals surface area contributed by atoms with Crippen molar-refractivity contribution in [3.05, 3.63) is 60.2 Å². The van der Waals surface area contributed by atoms with Gasteiger partial charge in [-0.15, -0.1) is 0 Å². The molecule has 1 N–H and O–H groups in total. The Morgan fingerprint density at radius 2 is 1.69 bits per heavy atom. The molecule has 9 nitrogen and oxygen atoms in total. The lowest BCUT2D eigenvalue weighted by Gasteiger charge is -2.33. The van der Waals surface area contributed by atoms with Gasteiger partial charge >= 0.3 is 10.2 Å². The fourth-order valence-corrected chi connectivity index (χ4v) is 4.38. The average molecular weight is 505 g/mol. The average Bonchev–Trinajstić information content (AvgIpc) is 2.85. The molecule has 2 aromatic carbocycles. The van der Waals surface area contributed by atoms with Crippen LogP contribution >= 0.6 is 0 Å². The van der Waals surface area contributed by atoms with Crippen molar-refractivity contribution in [2.24, 2.45) is 0 Å². The number of rotatable bonds is 12. The Bertz CT molecular complexity index is 1090. The van der Waals surface area contributed by atoms with Crippen LogP contribution in [-0.2, 0) is 26.3 Å². The number of methoxy groups -OCH3 is 1. The minimum atomic E-state index is -3.97. The van der Waals surface area contributed by atoms with Gasteiger partial charge in [-0.05, 0) is 50.1 Å². The van der Waals surface area contributed by atoms with Crippen LogP contribution in [0.25, 0.3) is 0 Å². The monoisotopic (exact) mass is 504 g/mol. The zero-order valence-electron chi connectivity index (χ0n) is 21.3. The maximum absolute atomic E-state index is 13.6. The van der Waals surface area contributed by atoms with Crippen molar-refractivity contribution in [1.29, 1.82) is 0 Å². The van der Waals surface area contributed by atoms with Crippen molar-refractivity contribution in [1.82, 2.24) is 14.5 Å². The second-order valence-corrected chi connectivity index (χ2v) is 10.6. The van der Waals surface area contributed by atoms with Gasteiger partial charge in [0, 0.05) is 26.7 Å². The summed E-state index contributed by atoms with van der Waals surface area (Å²) in [7, 11) is 0.393. The largest absolute Gasteiger partial charge is 0.497 e. The van der Waals surface area contributed by atoms with Gasteiger partial charge in [-0.3, -0.25) is 9.59 Å². The minimum Gasteiger partial charge on any atom is -0.497 e. The van der Waals surface area contributed by atoms with E-state index in [0.29, 0.717) is 11.4 Å². The van der Waals surface area contributed by atoms with Crippen LogP contribution in [0.15, 0.2) is 54.6 Å². The zero-order valence-corrected chi connectivity index (χ0v) is 22.1. The Hall–Kier alpha value is -3.11. The van der Waals surface area contributed by atoms with E-state index in [1.807, 2.05) is 19.9 Å². The lowest BCUT2D eigenvalue weighted by Crippen LogP contribution is -2.53. The van der Waals surface area contributed by atoms with E-state index in [4.69, 9.17) is 4.74 Å². The molecule has 0 unspecified atom stereocenters. The molecule has 2 rings (SSSR count). The van der Waals surface area contributed by atoms with Crippen LogP contribution in [0.2, 0.25) is 0 Å². The van der Waals surface area contributed by atoms with Gasteiger partial charge in [0.2, 0.25) is 11.8 Å². The Labute approximate surface area is 208 Å². The summed E-state index contributed by atoms with van der Waals surface area (Å²) < 4.78 is 33.6. The second-order valence-electron chi connectivity index (χ2n) is 8.50. The fourth-order valence-electron chi connectivity index (χ4n) is 3.33. The van der Waals surface area contributed by atoms with Crippen LogP contribution in [0.3, 0.4) is 0 Å². The smallest absolute Gasteiger partial charge is 0.304 e. The summed E-state index contributed by atoms with van der Waals surface area (Å²) in [6, 6.07) is 14.7. The Morgan fingerprint density at radius 1 is 1.03 bits per heavy atom. The SMILES string of the molecule is CC[C@H](C)NC(=O)[C@@H](C)N(Cc1cccc(OC)c1)C(=O)CN(c1ccccc1)S(=O)(=O)N(C)C. The molecule has 2 aromatic rings. The van der Waals surface area contributed by atoms with Crippen LogP contribution in [-0.4, -0.2) is 69.3 Å². The van der Waals surface area contributed by atoms with E-state index in [1.165, 1.54) is 19.0 Å². The van der Waals surface area contributed by atoms with Gasteiger partial charge in [0.05, 0.1) is 12.8 Å². The molecule has 0 radical (unpaired) electrons. The molecule has 0 aromatic heterocycles. The predicted octanol–water partition coefficient (Wildman–Crippen LogP) is 2.64. The summed E-state index contributed by atoms with van der Waals surface area (Å²) in [6.07, 6.45) is 0.741. The van der Waals surface area contributed by atoms with Crippen molar-refractivity contribution >= 4 is 27.7 Å². The molecule has 0 heterocycles. The Morgan fingerprint density at radius 3 is 2.26 bits per heavy atom. The molecule has 0 aliphatic heterocycles. The first kappa shape index (κ1) is 28.1. The highest BCUT2D eigenvalue weighted by atomic mass is 32.2. The number of nitrogens with one attached hydrogen (secondary N) is 1. The molecule has 10 heteroatoms. The van der Waals surface area contributed by atoms with Crippen molar-refractivity contribution in [2.45, 2.75) is 45.8 Å². The zero-order chi connectivity index (χ0) is 26.2. The summed E-state index contributed by atoms with van der Waals surface area (Å²) in [6.45, 7) is 5.13. The number of anilines is 1. The maximum atomic E-state index is 13.6. The predicted molar refractivity (Wildman–Crippen MR) is 137 cm³/mol. The molecular weight excluding hydrogens is 468 g/mol. The summed E-state index contributed by atoms with van der Waals surface area (Å²) in [5.41, 5.74) is 1.11. The molecule has 192 valence electrons. The number of para-hydroxylation sites is 1. The third kappa shape index (κ3) is 7.43. The van der Waals surface area contributed by atoms with E-state index < -0.39 is 28.7 Å². The number of amides is 2. The molecule has 0 fully saturated rings. The van der Waals surface area contributed by atoms with Gasteiger partial charge in [-0.1, -0.05) is 37.3 Å². The van der Waals surface area contributed by atoms with Crippen molar-refractivity contribution < 1.29 is 22.7 Å². The molecule has 0 aliphatic rings.